The van der Waals surface area contributed by atoms with E-state index in [9.17, 15) is 18.0 Å². The van der Waals surface area contributed by atoms with Crippen LogP contribution in [0.25, 0.3) is 16.6 Å². The number of halogens is 3. The molecule has 9 heteroatoms. The summed E-state index contributed by atoms with van der Waals surface area (Å²) < 4.78 is 41.0. The summed E-state index contributed by atoms with van der Waals surface area (Å²) in [6.45, 7) is 7.95. The predicted octanol–water partition coefficient (Wildman–Crippen LogP) is 6.34. The normalized spacial score (nSPS) is 12.9. The monoisotopic (exact) mass is 472 g/mol. The summed E-state index contributed by atoms with van der Waals surface area (Å²) in [5, 5.41) is 12.3. The van der Waals surface area contributed by atoms with E-state index >= 15 is 0 Å². The summed E-state index contributed by atoms with van der Waals surface area (Å²) >= 11 is 1.25. The first-order valence-corrected chi connectivity index (χ1v) is 11.4. The molecular weight excluding hydrogens is 449 g/mol. The summed E-state index contributed by atoms with van der Waals surface area (Å²) in [4.78, 5) is 12.9. The Morgan fingerprint density at radius 3 is 2.55 bits per heavy atom. The van der Waals surface area contributed by atoms with Gasteiger partial charge in [0.1, 0.15) is 0 Å². The molecule has 1 N–H and O–H groups in total. The van der Waals surface area contributed by atoms with Crippen molar-refractivity contribution < 1.29 is 18.0 Å². The molecule has 0 spiro atoms. The Morgan fingerprint density at radius 2 is 1.85 bits per heavy atom. The molecule has 1 unspecified atom stereocenters. The van der Waals surface area contributed by atoms with Gasteiger partial charge in [0.2, 0.25) is 5.91 Å². The molecule has 2 aromatic carbocycles. The number of hydrogen-bond donors (Lipinski definition) is 1. The third-order valence-corrected chi connectivity index (χ3v) is 6.77. The molecule has 0 aliphatic rings. The van der Waals surface area contributed by atoms with Gasteiger partial charge in [-0.2, -0.15) is 13.2 Å². The Balaban J connectivity index is 1.67. The summed E-state index contributed by atoms with van der Waals surface area (Å²) in [6.07, 6.45) is -4.01. The first-order chi connectivity index (χ1) is 15.6. The molecule has 0 fully saturated rings. The summed E-state index contributed by atoms with van der Waals surface area (Å²) in [6, 6.07) is 10.8. The van der Waals surface area contributed by atoms with E-state index in [0.29, 0.717) is 17.2 Å². The van der Waals surface area contributed by atoms with Crippen LogP contribution >= 0.6 is 11.8 Å². The first kappa shape index (κ1) is 23.1. The lowest BCUT2D eigenvalue weighted by atomic mass is 10.0. The average molecular weight is 473 g/mol. The molecule has 4 rings (SSSR count). The fourth-order valence-electron chi connectivity index (χ4n) is 3.94. The van der Waals surface area contributed by atoms with Gasteiger partial charge in [-0.05, 0) is 68.7 Å². The molecule has 0 saturated heterocycles. The third-order valence-electron chi connectivity index (χ3n) is 5.47. The molecular formula is C24H23F3N4OS. The van der Waals surface area contributed by atoms with E-state index in [4.69, 9.17) is 0 Å². The van der Waals surface area contributed by atoms with E-state index in [-0.39, 0.29) is 11.6 Å². The Labute approximate surface area is 193 Å². The molecule has 0 radical (unpaired) electrons. The van der Waals surface area contributed by atoms with E-state index in [1.807, 2.05) is 38.2 Å². The highest BCUT2D eigenvalue weighted by molar-refractivity contribution is 8.00. The topological polar surface area (TPSA) is 59.3 Å². The lowest BCUT2D eigenvalue weighted by molar-refractivity contribution is -0.137. The van der Waals surface area contributed by atoms with Crippen LogP contribution in [0.5, 0.6) is 0 Å². The predicted molar refractivity (Wildman–Crippen MR) is 125 cm³/mol. The maximum atomic E-state index is 13.0. The third kappa shape index (κ3) is 4.55. The van der Waals surface area contributed by atoms with E-state index in [2.05, 4.69) is 27.6 Å². The van der Waals surface area contributed by atoms with E-state index < -0.39 is 17.0 Å². The van der Waals surface area contributed by atoms with Crippen molar-refractivity contribution in [3.63, 3.8) is 0 Å². The summed E-state index contributed by atoms with van der Waals surface area (Å²) in [7, 11) is 0. The van der Waals surface area contributed by atoms with Crippen LogP contribution in [0.1, 0.15) is 35.6 Å². The van der Waals surface area contributed by atoms with Gasteiger partial charge in [-0.25, -0.2) is 0 Å². The number of aryl methyl sites for hydroxylation is 3. The van der Waals surface area contributed by atoms with Crippen molar-refractivity contribution in [1.82, 2.24) is 14.6 Å². The maximum Gasteiger partial charge on any atom is 0.416 e. The fourth-order valence-corrected chi connectivity index (χ4v) is 4.90. The number of pyridine rings is 1. The second kappa shape index (κ2) is 8.70. The number of benzene rings is 2. The Kier molecular flexibility index (Phi) is 6.09. The molecule has 172 valence electrons. The van der Waals surface area contributed by atoms with Gasteiger partial charge >= 0.3 is 6.18 Å². The van der Waals surface area contributed by atoms with Gasteiger partial charge in [0.25, 0.3) is 0 Å². The second-order valence-corrected chi connectivity index (χ2v) is 9.23. The SMILES string of the molecule is CCC(Sc1nnc2cc(C)c3cc(C)cc(C)c3n12)C(=O)Nc1cccc(C(F)(F)F)c1. The molecule has 0 aliphatic carbocycles. The summed E-state index contributed by atoms with van der Waals surface area (Å²) in [5.74, 6) is -0.387. The van der Waals surface area contributed by atoms with Crippen LogP contribution in [0, 0.1) is 20.8 Å². The molecule has 4 aromatic rings. The first-order valence-electron chi connectivity index (χ1n) is 10.5. The molecule has 2 aromatic heterocycles. The maximum absolute atomic E-state index is 13.0. The number of nitrogens with one attached hydrogen (secondary N) is 1. The van der Waals surface area contributed by atoms with Crippen LogP contribution in [-0.2, 0) is 11.0 Å². The van der Waals surface area contributed by atoms with Crippen molar-refractivity contribution in [3.8, 4) is 0 Å². The van der Waals surface area contributed by atoms with Crippen LogP contribution in [-0.4, -0.2) is 25.8 Å². The van der Waals surface area contributed by atoms with E-state index in [1.54, 1.807) is 0 Å². The van der Waals surface area contributed by atoms with Gasteiger partial charge in [-0.1, -0.05) is 36.4 Å². The van der Waals surface area contributed by atoms with Crippen molar-refractivity contribution in [1.29, 1.82) is 0 Å². The number of alkyl halides is 3. The second-order valence-electron chi connectivity index (χ2n) is 8.06. The standard InChI is InChI=1S/C24H23F3N4OS/c1-5-19(22(32)28-17-8-6-7-16(12-17)24(25,26)27)33-23-30-29-20-11-14(3)18-10-13(2)9-15(4)21(18)31(20)23/h6-12,19H,5H2,1-4H3,(H,28,32). The van der Waals surface area contributed by atoms with Gasteiger partial charge in [0, 0.05) is 11.1 Å². The van der Waals surface area contributed by atoms with Crippen molar-refractivity contribution in [2.24, 2.45) is 0 Å². The van der Waals surface area contributed by atoms with E-state index in [0.717, 1.165) is 39.7 Å². The van der Waals surface area contributed by atoms with Gasteiger partial charge in [-0.3, -0.25) is 9.20 Å². The van der Waals surface area contributed by atoms with Crippen LogP contribution in [0.4, 0.5) is 18.9 Å². The van der Waals surface area contributed by atoms with Crippen LogP contribution in [0.2, 0.25) is 0 Å². The Bertz CT molecular complexity index is 1360. The van der Waals surface area contributed by atoms with Crippen molar-refractivity contribution >= 4 is 39.9 Å². The number of aromatic nitrogens is 3. The number of nitrogens with zero attached hydrogens (tertiary/aromatic N) is 3. The average Bonchev–Trinajstić information content (AvgIpc) is 3.13. The minimum atomic E-state index is -4.48. The highest BCUT2D eigenvalue weighted by atomic mass is 32.2. The molecule has 2 heterocycles. The Morgan fingerprint density at radius 1 is 1.09 bits per heavy atom. The number of amides is 1. The highest BCUT2D eigenvalue weighted by Crippen LogP contribution is 2.33. The molecule has 0 bridgehead atoms. The van der Waals surface area contributed by atoms with Crippen molar-refractivity contribution in [2.75, 3.05) is 5.32 Å². The van der Waals surface area contributed by atoms with Gasteiger partial charge in [-0.15, -0.1) is 10.2 Å². The minimum absolute atomic E-state index is 0.104. The zero-order chi connectivity index (χ0) is 23.9. The minimum Gasteiger partial charge on any atom is -0.325 e. The zero-order valence-corrected chi connectivity index (χ0v) is 19.4. The number of thioether (sulfide) groups is 1. The van der Waals surface area contributed by atoms with Gasteiger partial charge in [0.05, 0.1) is 16.3 Å². The number of carbonyl (C=O) groups is 1. The van der Waals surface area contributed by atoms with Gasteiger partial charge in [0.15, 0.2) is 10.8 Å². The van der Waals surface area contributed by atoms with Crippen LogP contribution < -0.4 is 5.32 Å². The highest BCUT2D eigenvalue weighted by Gasteiger charge is 2.31. The quantitative estimate of drug-likeness (QED) is 0.345. The zero-order valence-electron chi connectivity index (χ0n) is 18.6. The fraction of sp³-hybridized carbons (Fsp3) is 0.292. The largest absolute Gasteiger partial charge is 0.416 e. The number of hydrogen-bond acceptors (Lipinski definition) is 4. The number of carbonyl (C=O) groups excluding carboxylic acids is 1. The van der Waals surface area contributed by atoms with Crippen molar-refractivity contribution in [2.45, 2.75) is 50.7 Å². The molecule has 0 saturated carbocycles. The van der Waals surface area contributed by atoms with Crippen LogP contribution in [0.3, 0.4) is 0 Å². The number of fused-ring (bicyclic) bond motifs is 3. The Hall–Kier alpha value is -3.07. The van der Waals surface area contributed by atoms with Crippen LogP contribution in [0.15, 0.2) is 47.6 Å². The molecule has 33 heavy (non-hydrogen) atoms. The number of anilines is 1. The molecule has 0 aliphatic heterocycles. The lowest BCUT2D eigenvalue weighted by Crippen LogP contribution is -2.25. The molecule has 1 atom stereocenters. The van der Waals surface area contributed by atoms with Gasteiger partial charge < -0.3 is 5.32 Å². The number of rotatable bonds is 5. The van der Waals surface area contributed by atoms with Crippen molar-refractivity contribution in [3.05, 3.63) is 64.7 Å². The summed E-state index contributed by atoms with van der Waals surface area (Å²) in [5.41, 5.74) is 4.27. The molecule has 1 amide bonds. The smallest absolute Gasteiger partial charge is 0.325 e. The van der Waals surface area contributed by atoms with E-state index in [1.165, 1.54) is 23.9 Å². The lowest BCUT2D eigenvalue weighted by Gasteiger charge is -2.16. The molecule has 5 nitrogen and oxygen atoms in total.